The first-order valence-electron chi connectivity index (χ1n) is 10.8. The second kappa shape index (κ2) is 11.0. The van der Waals surface area contributed by atoms with Crippen LogP contribution in [0.25, 0.3) is 6.08 Å². The number of carbonyl (C=O) groups is 1. The smallest absolute Gasteiger partial charge is 0.338 e. The van der Waals surface area contributed by atoms with E-state index < -0.39 is 12.0 Å². The molecule has 0 radical (unpaired) electrons. The van der Waals surface area contributed by atoms with E-state index in [0.717, 1.165) is 19.2 Å². The number of carbonyl (C=O) groups excluding carboxylic acids is 1. The molecule has 2 aromatic carbocycles. The maximum atomic E-state index is 13.8. The highest BCUT2D eigenvalue weighted by Crippen LogP contribution is 2.32. The molecule has 180 valence electrons. The van der Waals surface area contributed by atoms with Gasteiger partial charge in [-0.1, -0.05) is 77.2 Å². The largest absolute Gasteiger partial charge is 0.488 e. The van der Waals surface area contributed by atoms with Crippen LogP contribution in [-0.2, 0) is 9.53 Å². The molecule has 1 atom stereocenters. The summed E-state index contributed by atoms with van der Waals surface area (Å²) < 4.78 is 14.9. The predicted octanol–water partition coefficient (Wildman–Crippen LogP) is 4.73. The molecular formula is C26H22BrIN2O4S. The number of esters is 1. The Morgan fingerprint density at radius 2 is 2.06 bits per heavy atom. The first kappa shape index (κ1) is 25.6. The lowest BCUT2D eigenvalue weighted by Crippen LogP contribution is -2.40. The molecule has 2 heterocycles. The van der Waals surface area contributed by atoms with E-state index in [9.17, 15) is 9.59 Å². The van der Waals surface area contributed by atoms with Gasteiger partial charge >= 0.3 is 5.97 Å². The van der Waals surface area contributed by atoms with E-state index >= 15 is 0 Å². The summed E-state index contributed by atoms with van der Waals surface area (Å²) in [4.78, 5) is 31.9. The van der Waals surface area contributed by atoms with Gasteiger partial charge in [-0.25, -0.2) is 9.79 Å². The van der Waals surface area contributed by atoms with Crippen molar-refractivity contribution in [1.82, 2.24) is 4.57 Å². The lowest BCUT2D eigenvalue weighted by Gasteiger charge is -2.25. The van der Waals surface area contributed by atoms with Gasteiger partial charge in [-0.2, -0.15) is 0 Å². The molecule has 0 saturated heterocycles. The van der Waals surface area contributed by atoms with Crippen LogP contribution in [0.15, 0.2) is 80.6 Å². The molecule has 0 N–H and O–H groups in total. The topological polar surface area (TPSA) is 69.9 Å². The number of rotatable bonds is 7. The molecule has 6 nitrogen and oxygen atoms in total. The van der Waals surface area contributed by atoms with Crippen molar-refractivity contribution in [1.29, 1.82) is 0 Å². The zero-order valence-electron chi connectivity index (χ0n) is 19.1. The Morgan fingerprint density at radius 1 is 1.31 bits per heavy atom. The molecule has 9 heteroatoms. The monoisotopic (exact) mass is 664 g/mol. The van der Waals surface area contributed by atoms with Crippen LogP contribution in [0.4, 0.5) is 0 Å². The van der Waals surface area contributed by atoms with Gasteiger partial charge in [-0.15, -0.1) is 0 Å². The van der Waals surface area contributed by atoms with Gasteiger partial charge in [0.05, 0.1) is 32.5 Å². The third-order valence-electron chi connectivity index (χ3n) is 5.43. The van der Waals surface area contributed by atoms with Gasteiger partial charge in [-0.05, 0) is 52.8 Å². The van der Waals surface area contributed by atoms with Crippen LogP contribution in [0.2, 0.25) is 0 Å². The third kappa shape index (κ3) is 5.07. The minimum absolute atomic E-state index is 0.233. The standard InChI is InChI=1S/C26H22BrIN2O4S/c1-4-11-34-23-16(12-17(27)14-18(23)28)13-20-24(31)30-22(15-9-7-6-8-10-15)21(25(32)33-3)19(5-2)29-26(30)35-20/h4,6-10,12-14,22H,1,5,11H2,2-3H3/b20-13+/t22-/m0/s1. The summed E-state index contributed by atoms with van der Waals surface area (Å²) in [7, 11) is 1.34. The lowest BCUT2D eigenvalue weighted by molar-refractivity contribution is -0.136. The Bertz CT molecular complexity index is 1510. The minimum Gasteiger partial charge on any atom is -0.488 e. The van der Waals surface area contributed by atoms with Crippen LogP contribution in [0, 0.1) is 3.57 Å². The van der Waals surface area contributed by atoms with Gasteiger partial charge in [0, 0.05) is 10.0 Å². The molecule has 4 rings (SSSR count). The van der Waals surface area contributed by atoms with E-state index in [1.54, 1.807) is 10.6 Å². The summed E-state index contributed by atoms with van der Waals surface area (Å²) in [6.45, 7) is 6.00. The Hall–Kier alpha value is -2.50. The highest BCUT2D eigenvalue weighted by Gasteiger charge is 2.33. The second-order valence-corrected chi connectivity index (χ2v) is 10.7. The van der Waals surface area contributed by atoms with E-state index in [2.05, 4.69) is 45.1 Å². The number of hydrogen-bond acceptors (Lipinski definition) is 6. The molecule has 0 aliphatic carbocycles. The number of aromatic nitrogens is 1. The number of thiazole rings is 1. The quantitative estimate of drug-likeness (QED) is 0.208. The maximum absolute atomic E-state index is 13.8. The number of ether oxygens (including phenoxy) is 2. The number of methoxy groups -OCH3 is 1. The second-order valence-electron chi connectivity index (χ2n) is 7.60. The lowest BCUT2D eigenvalue weighted by atomic mass is 9.95. The molecule has 0 fully saturated rings. The fraction of sp³-hybridized carbons (Fsp3) is 0.192. The number of hydrogen-bond donors (Lipinski definition) is 0. The van der Waals surface area contributed by atoms with Crippen molar-refractivity contribution in [2.24, 2.45) is 4.99 Å². The van der Waals surface area contributed by atoms with Crippen LogP contribution in [0.5, 0.6) is 5.75 Å². The average Bonchev–Trinajstić information content (AvgIpc) is 3.16. The zero-order chi connectivity index (χ0) is 25.1. The first-order chi connectivity index (χ1) is 16.9. The van der Waals surface area contributed by atoms with Crippen molar-refractivity contribution in [3.8, 4) is 5.75 Å². The third-order valence-corrected chi connectivity index (χ3v) is 7.68. The van der Waals surface area contributed by atoms with E-state index in [-0.39, 0.29) is 5.56 Å². The Kier molecular flexibility index (Phi) is 8.08. The van der Waals surface area contributed by atoms with Crippen molar-refractivity contribution in [3.05, 3.63) is 105 Å². The minimum atomic E-state index is -0.629. The van der Waals surface area contributed by atoms with Gasteiger partial charge < -0.3 is 9.47 Å². The van der Waals surface area contributed by atoms with Gasteiger partial charge in [0.15, 0.2) is 4.80 Å². The Balaban J connectivity index is 1.99. The number of nitrogens with zero attached hydrogens (tertiary/aromatic N) is 2. The fourth-order valence-corrected chi connectivity index (χ4v) is 6.66. The van der Waals surface area contributed by atoms with E-state index in [0.29, 0.717) is 39.4 Å². The molecule has 0 amide bonds. The van der Waals surface area contributed by atoms with Gasteiger partial charge in [0.25, 0.3) is 5.56 Å². The van der Waals surface area contributed by atoms with Crippen LogP contribution in [0.3, 0.4) is 0 Å². The maximum Gasteiger partial charge on any atom is 0.338 e. The van der Waals surface area contributed by atoms with Crippen LogP contribution >= 0.6 is 49.9 Å². The van der Waals surface area contributed by atoms with Crippen LogP contribution < -0.4 is 19.6 Å². The van der Waals surface area contributed by atoms with Crippen LogP contribution in [-0.4, -0.2) is 24.3 Å². The summed E-state index contributed by atoms with van der Waals surface area (Å²) in [6.07, 6.45) is 4.02. The molecule has 1 aliphatic heterocycles. The molecule has 0 saturated carbocycles. The number of fused-ring (bicyclic) bond motifs is 1. The number of benzene rings is 2. The predicted molar refractivity (Wildman–Crippen MR) is 149 cm³/mol. The molecule has 3 aromatic rings. The van der Waals surface area contributed by atoms with Gasteiger partial charge in [-0.3, -0.25) is 9.36 Å². The first-order valence-corrected chi connectivity index (χ1v) is 13.5. The van der Waals surface area contributed by atoms with Gasteiger partial charge in [0.1, 0.15) is 12.4 Å². The van der Waals surface area contributed by atoms with E-state index in [1.807, 2.05) is 55.5 Å². The molecule has 1 aliphatic rings. The van der Waals surface area contributed by atoms with E-state index in [1.165, 1.54) is 18.4 Å². The Morgan fingerprint density at radius 3 is 2.71 bits per heavy atom. The zero-order valence-corrected chi connectivity index (χ0v) is 23.6. The molecule has 0 unspecified atom stereocenters. The molecular weight excluding hydrogens is 643 g/mol. The summed E-state index contributed by atoms with van der Waals surface area (Å²) in [5.74, 6) is 0.180. The van der Waals surface area contributed by atoms with E-state index in [4.69, 9.17) is 14.5 Å². The van der Waals surface area contributed by atoms with Crippen LogP contribution in [0.1, 0.15) is 30.5 Å². The summed E-state index contributed by atoms with van der Waals surface area (Å²) >= 11 is 7.03. The molecule has 0 spiro atoms. The van der Waals surface area contributed by atoms with Crippen molar-refractivity contribution < 1.29 is 14.3 Å². The van der Waals surface area contributed by atoms with Crippen molar-refractivity contribution >= 4 is 61.9 Å². The normalized spacial score (nSPS) is 15.4. The summed E-state index contributed by atoms with van der Waals surface area (Å²) in [6, 6.07) is 12.7. The number of allylic oxidation sites excluding steroid dienone is 1. The average molecular weight is 665 g/mol. The van der Waals surface area contributed by atoms with Crippen molar-refractivity contribution in [2.45, 2.75) is 19.4 Å². The van der Waals surface area contributed by atoms with Crippen molar-refractivity contribution in [3.63, 3.8) is 0 Å². The highest BCUT2D eigenvalue weighted by molar-refractivity contribution is 14.1. The molecule has 1 aromatic heterocycles. The van der Waals surface area contributed by atoms with Gasteiger partial charge in [0.2, 0.25) is 0 Å². The fourth-order valence-electron chi connectivity index (χ4n) is 3.94. The Labute approximate surface area is 228 Å². The summed E-state index contributed by atoms with van der Waals surface area (Å²) in [5.41, 5.74) is 2.34. The molecule has 35 heavy (non-hydrogen) atoms. The number of halogens is 2. The van der Waals surface area contributed by atoms with Crippen molar-refractivity contribution in [2.75, 3.05) is 13.7 Å². The summed E-state index contributed by atoms with van der Waals surface area (Å²) in [5, 5.41) is 0. The highest BCUT2D eigenvalue weighted by atomic mass is 127. The SMILES string of the molecule is C=CCOc1c(I)cc(Br)cc1/C=c1/sc2n(c1=O)[C@@H](c1ccccc1)C(C(=O)OC)=C(CC)N=2. The molecule has 0 bridgehead atoms.